The Hall–Kier alpha value is -2.14. The number of morpholine rings is 1. The van der Waals surface area contributed by atoms with Gasteiger partial charge < -0.3 is 15.0 Å². The molecular weight excluding hydrogens is 316 g/mol. The fraction of sp³-hybridized carbons (Fsp3) is 0.500. The minimum Gasteiger partial charge on any atom is -0.378 e. The number of rotatable bonds is 3. The minimum atomic E-state index is 0.0137. The monoisotopic (exact) mass is 340 g/mol. The molecule has 1 aromatic rings. The molecule has 1 aromatic carbocycles. The highest BCUT2D eigenvalue weighted by molar-refractivity contribution is 6.00. The molecule has 1 saturated carbocycles. The molecule has 5 heteroatoms. The summed E-state index contributed by atoms with van der Waals surface area (Å²) >= 11 is 0. The lowest BCUT2D eigenvalue weighted by Crippen LogP contribution is -2.41. The summed E-state index contributed by atoms with van der Waals surface area (Å²) in [5.41, 5.74) is 2.24. The first kappa shape index (κ1) is 16.3. The molecule has 2 bridgehead atoms. The van der Waals surface area contributed by atoms with Crippen LogP contribution in [0.1, 0.15) is 28.8 Å². The number of hydrogen-bond acceptors (Lipinski definition) is 3. The number of nitrogens with zero attached hydrogens (tertiary/aromatic N) is 1. The Bertz CT molecular complexity index is 722. The molecule has 3 atom stereocenters. The Labute approximate surface area is 148 Å². The van der Waals surface area contributed by atoms with Crippen molar-refractivity contribution in [2.45, 2.75) is 19.8 Å². The summed E-state index contributed by atoms with van der Waals surface area (Å²) in [6.07, 6.45) is 6.47. The Morgan fingerprint density at radius 2 is 1.96 bits per heavy atom. The van der Waals surface area contributed by atoms with Gasteiger partial charge in [-0.05, 0) is 49.3 Å². The van der Waals surface area contributed by atoms with Gasteiger partial charge in [-0.25, -0.2) is 0 Å². The maximum absolute atomic E-state index is 12.8. The summed E-state index contributed by atoms with van der Waals surface area (Å²) < 4.78 is 5.32. The molecule has 1 N–H and O–H groups in total. The second-order valence-electron chi connectivity index (χ2n) is 7.26. The molecule has 3 unspecified atom stereocenters. The third-order valence-corrected chi connectivity index (χ3v) is 5.74. The van der Waals surface area contributed by atoms with Crippen LogP contribution in [0.4, 0.5) is 5.69 Å². The molecule has 2 fully saturated rings. The molecule has 4 rings (SSSR count). The zero-order valence-electron chi connectivity index (χ0n) is 14.5. The van der Waals surface area contributed by atoms with E-state index >= 15 is 0 Å². The van der Waals surface area contributed by atoms with E-state index < -0.39 is 0 Å². The molecule has 3 aliphatic rings. The third kappa shape index (κ3) is 3.09. The van der Waals surface area contributed by atoms with Crippen LogP contribution in [0.3, 0.4) is 0 Å². The van der Waals surface area contributed by atoms with Crippen LogP contribution in [-0.2, 0) is 9.53 Å². The average Bonchev–Trinajstić information content (AvgIpc) is 3.27. The van der Waals surface area contributed by atoms with E-state index in [2.05, 4.69) is 17.5 Å². The van der Waals surface area contributed by atoms with E-state index in [9.17, 15) is 9.59 Å². The van der Waals surface area contributed by atoms with Crippen molar-refractivity contribution < 1.29 is 14.3 Å². The highest BCUT2D eigenvalue weighted by atomic mass is 16.5. The van der Waals surface area contributed by atoms with Gasteiger partial charge in [-0.2, -0.15) is 0 Å². The Balaban J connectivity index is 1.50. The van der Waals surface area contributed by atoms with Gasteiger partial charge in [0.25, 0.3) is 5.91 Å². The van der Waals surface area contributed by atoms with Crippen molar-refractivity contribution in [1.29, 1.82) is 0 Å². The number of ether oxygens (including phenoxy) is 1. The molecule has 1 aliphatic heterocycles. The number of allylic oxidation sites excluding steroid dienone is 2. The number of carbonyl (C=O) groups excluding carboxylic acids is 2. The summed E-state index contributed by atoms with van der Waals surface area (Å²) in [5.74, 6) is 1.10. The standard InChI is InChI=1S/C20H24N2O3/c1-13-16(20(24)22-7-9-25-10-8-22)3-2-4-18(13)21-19(23)17-12-14-5-6-15(17)11-14/h2-6,14-15,17H,7-12H2,1H3,(H,21,23). The van der Waals surface area contributed by atoms with Crippen LogP contribution in [0, 0.1) is 24.7 Å². The topological polar surface area (TPSA) is 58.6 Å². The highest BCUT2D eigenvalue weighted by Gasteiger charge is 2.39. The molecular formula is C20H24N2O3. The molecule has 0 radical (unpaired) electrons. The maximum Gasteiger partial charge on any atom is 0.254 e. The lowest BCUT2D eigenvalue weighted by atomic mass is 9.92. The Morgan fingerprint density at radius 3 is 2.64 bits per heavy atom. The highest BCUT2D eigenvalue weighted by Crippen LogP contribution is 2.43. The van der Waals surface area contributed by atoms with Crippen LogP contribution in [-0.4, -0.2) is 43.0 Å². The summed E-state index contributed by atoms with van der Waals surface area (Å²) in [5, 5.41) is 3.07. The summed E-state index contributed by atoms with van der Waals surface area (Å²) in [4.78, 5) is 27.3. The van der Waals surface area contributed by atoms with Crippen LogP contribution in [0.5, 0.6) is 0 Å². The van der Waals surface area contributed by atoms with Crippen LogP contribution in [0.2, 0.25) is 0 Å². The lowest BCUT2D eigenvalue weighted by Gasteiger charge is -2.27. The van der Waals surface area contributed by atoms with Crippen molar-refractivity contribution in [2.75, 3.05) is 31.6 Å². The number of nitrogens with one attached hydrogen (secondary N) is 1. The van der Waals surface area contributed by atoms with E-state index in [0.29, 0.717) is 43.7 Å². The molecule has 2 aliphatic carbocycles. The number of fused-ring (bicyclic) bond motifs is 2. The van der Waals surface area contributed by atoms with Crippen molar-refractivity contribution in [1.82, 2.24) is 4.90 Å². The van der Waals surface area contributed by atoms with Gasteiger partial charge in [0.1, 0.15) is 0 Å². The molecule has 5 nitrogen and oxygen atoms in total. The van der Waals surface area contributed by atoms with Gasteiger partial charge in [0.05, 0.1) is 13.2 Å². The average molecular weight is 340 g/mol. The van der Waals surface area contributed by atoms with E-state index in [1.165, 1.54) is 0 Å². The van der Waals surface area contributed by atoms with Gasteiger partial charge in [0, 0.05) is 30.3 Å². The normalized spacial score (nSPS) is 27.6. The Morgan fingerprint density at radius 1 is 1.16 bits per heavy atom. The minimum absolute atomic E-state index is 0.0137. The van der Waals surface area contributed by atoms with E-state index in [4.69, 9.17) is 4.74 Å². The second-order valence-corrected chi connectivity index (χ2v) is 7.26. The third-order valence-electron chi connectivity index (χ3n) is 5.74. The smallest absolute Gasteiger partial charge is 0.254 e. The zero-order chi connectivity index (χ0) is 17.4. The van der Waals surface area contributed by atoms with Crippen LogP contribution in [0.15, 0.2) is 30.4 Å². The first-order valence-corrected chi connectivity index (χ1v) is 9.09. The van der Waals surface area contributed by atoms with Crippen LogP contribution < -0.4 is 5.32 Å². The van der Waals surface area contributed by atoms with Crippen molar-refractivity contribution in [3.63, 3.8) is 0 Å². The number of benzene rings is 1. The molecule has 0 spiro atoms. The molecule has 1 heterocycles. The molecule has 25 heavy (non-hydrogen) atoms. The molecule has 2 amide bonds. The fourth-order valence-corrected chi connectivity index (χ4v) is 4.25. The van der Waals surface area contributed by atoms with Gasteiger partial charge in [-0.3, -0.25) is 9.59 Å². The van der Waals surface area contributed by atoms with E-state index in [1.54, 1.807) is 0 Å². The van der Waals surface area contributed by atoms with Crippen molar-refractivity contribution >= 4 is 17.5 Å². The molecule has 132 valence electrons. The molecule has 0 aromatic heterocycles. The zero-order valence-corrected chi connectivity index (χ0v) is 14.5. The first-order chi connectivity index (χ1) is 12.1. The fourth-order valence-electron chi connectivity index (χ4n) is 4.25. The number of amides is 2. The van der Waals surface area contributed by atoms with E-state index in [1.807, 2.05) is 30.0 Å². The van der Waals surface area contributed by atoms with Crippen molar-refractivity contribution in [3.8, 4) is 0 Å². The van der Waals surface area contributed by atoms with Crippen molar-refractivity contribution in [2.24, 2.45) is 17.8 Å². The summed E-state index contributed by atoms with van der Waals surface area (Å²) in [6.45, 7) is 4.31. The van der Waals surface area contributed by atoms with Crippen molar-refractivity contribution in [3.05, 3.63) is 41.5 Å². The molecule has 1 saturated heterocycles. The maximum atomic E-state index is 12.8. The van der Waals surface area contributed by atoms with E-state index in [0.717, 1.165) is 24.1 Å². The predicted molar refractivity (Wildman–Crippen MR) is 95.4 cm³/mol. The van der Waals surface area contributed by atoms with Gasteiger partial charge in [-0.15, -0.1) is 0 Å². The van der Waals surface area contributed by atoms with Gasteiger partial charge >= 0.3 is 0 Å². The SMILES string of the molecule is Cc1c(NC(=O)C2CC3C=CC2C3)cccc1C(=O)N1CCOCC1. The van der Waals surface area contributed by atoms with Gasteiger partial charge in [0.15, 0.2) is 0 Å². The van der Waals surface area contributed by atoms with Crippen LogP contribution in [0.25, 0.3) is 0 Å². The number of hydrogen-bond donors (Lipinski definition) is 1. The summed E-state index contributed by atoms with van der Waals surface area (Å²) in [7, 11) is 0. The summed E-state index contributed by atoms with van der Waals surface area (Å²) in [6, 6.07) is 5.56. The van der Waals surface area contributed by atoms with Gasteiger partial charge in [0.2, 0.25) is 5.91 Å². The number of anilines is 1. The second kappa shape index (κ2) is 6.64. The predicted octanol–water partition coefficient (Wildman–Crippen LogP) is 2.62. The first-order valence-electron chi connectivity index (χ1n) is 9.09. The quantitative estimate of drug-likeness (QED) is 0.861. The van der Waals surface area contributed by atoms with Crippen LogP contribution >= 0.6 is 0 Å². The number of carbonyl (C=O) groups is 2. The Kier molecular flexibility index (Phi) is 4.34. The van der Waals surface area contributed by atoms with Gasteiger partial charge in [-0.1, -0.05) is 18.2 Å². The van der Waals surface area contributed by atoms with E-state index in [-0.39, 0.29) is 17.7 Å². The largest absolute Gasteiger partial charge is 0.378 e. The lowest BCUT2D eigenvalue weighted by molar-refractivity contribution is -0.120.